The minimum Gasteiger partial charge on any atom is -0.307 e. The van der Waals surface area contributed by atoms with Gasteiger partial charge in [0.05, 0.1) is 0 Å². The molecule has 1 aliphatic rings. The maximum absolute atomic E-state index is 8.00. The second-order valence-electron chi connectivity index (χ2n) is 3.53. The number of piperidine rings is 1. The van der Waals surface area contributed by atoms with Crippen molar-refractivity contribution in [3.8, 4) is 0 Å². The van der Waals surface area contributed by atoms with E-state index in [1.165, 1.54) is 32.2 Å². The Balaban J connectivity index is 0. The van der Waals surface area contributed by atoms with Gasteiger partial charge >= 0.3 is 0 Å². The molecule has 0 aliphatic carbocycles. The summed E-state index contributed by atoms with van der Waals surface area (Å²) >= 11 is 0. The van der Waals surface area contributed by atoms with Crippen LogP contribution in [0.5, 0.6) is 0 Å². The fourth-order valence-electron chi connectivity index (χ4n) is 1.24. The van der Waals surface area contributed by atoms with E-state index < -0.39 is 0 Å². The highest BCUT2D eigenvalue weighted by Crippen LogP contribution is 2.13. The molecule has 2 nitrogen and oxygen atoms in total. The summed E-state index contributed by atoms with van der Waals surface area (Å²) in [6.45, 7) is 9.86. The van der Waals surface area contributed by atoms with Gasteiger partial charge in [-0.1, -0.05) is 26.7 Å². The zero-order valence-corrected chi connectivity index (χ0v) is 9.68. The second kappa shape index (κ2) is 11.6. The van der Waals surface area contributed by atoms with Crippen molar-refractivity contribution >= 4 is 6.79 Å². The summed E-state index contributed by atoms with van der Waals surface area (Å²) in [5, 5.41) is 0. The summed E-state index contributed by atoms with van der Waals surface area (Å²) in [5.74, 6) is 0. The average molecular weight is 187 g/mol. The highest BCUT2D eigenvalue weighted by atomic mass is 16.1. The molecule has 1 saturated heterocycles. The summed E-state index contributed by atoms with van der Waals surface area (Å²) in [4.78, 5) is 10.4. The molecule has 2 heteroatoms. The van der Waals surface area contributed by atoms with E-state index in [2.05, 4.69) is 32.7 Å². The lowest BCUT2D eigenvalue weighted by atomic mass is 10.1. The fraction of sp³-hybridized carbons (Fsp3) is 0.909. The topological polar surface area (TPSA) is 20.3 Å². The van der Waals surface area contributed by atoms with Crippen molar-refractivity contribution in [1.82, 2.24) is 4.90 Å². The van der Waals surface area contributed by atoms with Crippen LogP contribution in [0.25, 0.3) is 0 Å². The van der Waals surface area contributed by atoms with E-state index in [4.69, 9.17) is 4.79 Å². The third kappa shape index (κ3) is 9.54. The van der Waals surface area contributed by atoms with Crippen molar-refractivity contribution in [2.45, 2.75) is 52.5 Å². The largest absolute Gasteiger partial charge is 0.307 e. The lowest BCUT2D eigenvalue weighted by Crippen LogP contribution is -2.33. The van der Waals surface area contributed by atoms with Gasteiger partial charge in [0.2, 0.25) is 0 Å². The van der Waals surface area contributed by atoms with Gasteiger partial charge in [0.25, 0.3) is 0 Å². The minimum absolute atomic E-state index is 0.837. The summed E-state index contributed by atoms with van der Waals surface area (Å²) in [6, 6.07) is 0.837. The molecule has 1 unspecified atom stereocenters. The molecule has 0 radical (unpaired) electrons. The third-order valence-electron chi connectivity index (χ3n) is 2.14. The lowest BCUT2D eigenvalue weighted by Gasteiger charge is -2.29. The van der Waals surface area contributed by atoms with Crippen LogP contribution < -0.4 is 0 Å². The molecule has 1 atom stereocenters. The molecular weight excluding hydrogens is 162 g/mol. The molecule has 1 fully saturated rings. The highest BCUT2D eigenvalue weighted by Gasteiger charge is 2.12. The molecule has 0 saturated carbocycles. The van der Waals surface area contributed by atoms with Crippen LogP contribution in [0.1, 0.15) is 46.5 Å². The van der Waals surface area contributed by atoms with Gasteiger partial charge in [-0.15, -0.1) is 0 Å². The predicted molar refractivity (Wildman–Crippen MR) is 59.0 cm³/mol. The Morgan fingerprint density at radius 2 is 1.77 bits per heavy atom. The van der Waals surface area contributed by atoms with E-state index >= 15 is 0 Å². The van der Waals surface area contributed by atoms with Crippen LogP contribution in [0.4, 0.5) is 0 Å². The zero-order chi connectivity index (χ0) is 10.7. The van der Waals surface area contributed by atoms with Gasteiger partial charge in [-0.2, -0.15) is 0 Å². The molecular formula is C11H25NO. The van der Waals surface area contributed by atoms with Crippen molar-refractivity contribution in [2.75, 3.05) is 13.6 Å². The van der Waals surface area contributed by atoms with Crippen LogP contribution in [0.2, 0.25) is 0 Å². The van der Waals surface area contributed by atoms with Gasteiger partial charge in [-0.25, -0.2) is 0 Å². The predicted octanol–water partition coefficient (Wildman–Crippen LogP) is 2.72. The highest BCUT2D eigenvalue weighted by molar-refractivity contribution is 5.10. The van der Waals surface area contributed by atoms with Crippen molar-refractivity contribution in [3.05, 3.63) is 0 Å². The number of carbonyl (C=O) groups excluding carboxylic acids is 1. The monoisotopic (exact) mass is 187 g/mol. The summed E-state index contributed by atoms with van der Waals surface area (Å²) < 4.78 is 0. The normalized spacial score (nSPS) is 22.0. The molecule has 0 aromatic rings. The number of carbonyl (C=O) groups is 1. The smallest absolute Gasteiger partial charge is 0.106 e. The first-order chi connectivity index (χ1) is 6.22. The maximum Gasteiger partial charge on any atom is 0.106 e. The van der Waals surface area contributed by atoms with Gasteiger partial charge < -0.3 is 9.69 Å². The van der Waals surface area contributed by atoms with Crippen molar-refractivity contribution < 1.29 is 4.79 Å². The third-order valence-corrected chi connectivity index (χ3v) is 2.14. The SMILES string of the molecule is C=O.CC1CCCCN1C.CCC. The molecule has 0 aromatic carbocycles. The van der Waals surface area contributed by atoms with Gasteiger partial charge in [0.1, 0.15) is 6.79 Å². The molecule has 1 rings (SSSR count). The molecule has 0 aromatic heterocycles. The van der Waals surface area contributed by atoms with Crippen molar-refractivity contribution in [2.24, 2.45) is 0 Å². The molecule has 80 valence electrons. The number of likely N-dealkylation sites (tertiary alicyclic amines) is 1. The molecule has 0 amide bonds. The van der Waals surface area contributed by atoms with E-state index in [-0.39, 0.29) is 0 Å². The van der Waals surface area contributed by atoms with Crippen molar-refractivity contribution in [3.63, 3.8) is 0 Å². The van der Waals surface area contributed by atoms with Gasteiger partial charge in [-0.3, -0.25) is 0 Å². The average Bonchev–Trinajstić information content (AvgIpc) is 2.15. The molecule has 13 heavy (non-hydrogen) atoms. The Bertz CT molecular complexity index is 86.1. The van der Waals surface area contributed by atoms with Crippen LogP contribution in [0.3, 0.4) is 0 Å². The molecule has 0 spiro atoms. The Morgan fingerprint density at radius 3 is 2.00 bits per heavy atom. The van der Waals surface area contributed by atoms with Gasteiger partial charge in [0.15, 0.2) is 0 Å². The van der Waals surface area contributed by atoms with Gasteiger partial charge in [0, 0.05) is 6.04 Å². The van der Waals surface area contributed by atoms with E-state index in [0.717, 1.165) is 6.04 Å². The Kier molecular flexibility index (Phi) is 13.5. The first-order valence-corrected chi connectivity index (χ1v) is 5.21. The maximum atomic E-state index is 8.00. The lowest BCUT2D eigenvalue weighted by molar-refractivity contribution is -0.0979. The van der Waals surface area contributed by atoms with Crippen LogP contribution in [0, 0.1) is 0 Å². The zero-order valence-electron chi connectivity index (χ0n) is 9.68. The van der Waals surface area contributed by atoms with E-state index in [1.807, 2.05) is 6.79 Å². The molecule has 1 aliphatic heterocycles. The van der Waals surface area contributed by atoms with Crippen molar-refractivity contribution in [1.29, 1.82) is 0 Å². The summed E-state index contributed by atoms with van der Waals surface area (Å²) in [7, 11) is 2.21. The molecule has 0 N–H and O–H groups in total. The van der Waals surface area contributed by atoms with E-state index in [0.29, 0.717) is 0 Å². The van der Waals surface area contributed by atoms with Crippen LogP contribution in [-0.4, -0.2) is 31.3 Å². The standard InChI is InChI=1S/C7H15N.C3H8.CH2O/c1-7-5-3-4-6-8(7)2;1-3-2;1-2/h7H,3-6H2,1-2H3;3H2,1-2H3;1H2. The van der Waals surface area contributed by atoms with Crippen LogP contribution in [-0.2, 0) is 4.79 Å². The first kappa shape index (κ1) is 15.1. The molecule has 1 heterocycles. The Labute approximate surface area is 83.3 Å². The minimum atomic E-state index is 0.837. The van der Waals surface area contributed by atoms with E-state index in [9.17, 15) is 0 Å². The van der Waals surface area contributed by atoms with Gasteiger partial charge in [-0.05, 0) is 33.4 Å². The quantitative estimate of drug-likeness (QED) is 0.581. The van der Waals surface area contributed by atoms with Crippen LogP contribution >= 0.6 is 0 Å². The summed E-state index contributed by atoms with van der Waals surface area (Å²) in [5.41, 5.74) is 0. The number of hydrogen-bond acceptors (Lipinski definition) is 2. The number of hydrogen-bond donors (Lipinski definition) is 0. The Hall–Kier alpha value is -0.370. The molecule has 0 bridgehead atoms. The Morgan fingerprint density at radius 1 is 1.31 bits per heavy atom. The van der Waals surface area contributed by atoms with E-state index in [1.54, 1.807) is 0 Å². The number of rotatable bonds is 0. The first-order valence-electron chi connectivity index (χ1n) is 5.21. The summed E-state index contributed by atoms with van der Waals surface area (Å²) in [6.07, 6.45) is 5.49. The second-order valence-corrected chi connectivity index (χ2v) is 3.53. The number of nitrogens with zero attached hydrogens (tertiary/aromatic N) is 1. The fourth-order valence-corrected chi connectivity index (χ4v) is 1.24. The van der Waals surface area contributed by atoms with Crippen LogP contribution in [0.15, 0.2) is 0 Å².